The van der Waals surface area contributed by atoms with Gasteiger partial charge in [0, 0.05) is 19.2 Å². The molecule has 0 saturated carbocycles. The van der Waals surface area contributed by atoms with E-state index < -0.39 is 0 Å². The van der Waals surface area contributed by atoms with Gasteiger partial charge in [-0.3, -0.25) is 9.59 Å². The van der Waals surface area contributed by atoms with Gasteiger partial charge in [0.05, 0.1) is 19.3 Å². The second-order valence-electron chi connectivity index (χ2n) is 6.31. The Labute approximate surface area is 141 Å². The Balaban J connectivity index is 1.79. The van der Waals surface area contributed by atoms with Gasteiger partial charge in [0.25, 0.3) is 11.5 Å². The number of hydrogen-bond acceptors (Lipinski definition) is 5. The highest BCUT2D eigenvalue weighted by Crippen LogP contribution is 2.25. The summed E-state index contributed by atoms with van der Waals surface area (Å²) in [5.41, 5.74) is 0.147. The third-order valence-corrected chi connectivity index (χ3v) is 4.58. The quantitative estimate of drug-likeness (QED) is 0.813. The van der Waals surface area contributed by atoms with Crippen LogP contribution in [0.25, 0.3) is 0 Å². The van der Waals surface area contributed by atoms with Crippen LogP contribution in [0.1, 0.15) is 49.5 Å². The van der Waals surface area contributed by atoms with Crippen molar-refractivity contribution in [3.05, 3.63) is 28.2 Å². The Hall–Kier alpha value is -1.73. The third kappa shape index (κ3) is 3.67. The topological polar surface area (TPSA) is 73.7 Å². The minimum Gasteiger partial charge on any atom is -0.348 e. The van der Waals surface area contributed by atoms with Crippen LogP contribution in [0.3, 0.4) is 0 Å². The van der Waals surface area contributed by atoms with E-state index in [0.29, 0.717) is 32.0 Å². The summed E-state index contributed by atoms with van der Waals surface area (Å²) in [5, 5.41) is 4.28. The van der Waals surface area contributed by atoms with Crippen LogP contribution in [0.2, 0.25) is 0 Å². The predicted octanol–water partition coefficient (Wildman–Crippen LogP) is 1.41. The number of piperidine rings is 1. The van der Waals surface area contributed by atoms with Crippen molar-refractivity contribution in [3.8, 4) is 0 Å². The largest absolute Gasteiger partial charge is 0.348 e. The standard InChI is InChI=1S/C17H25N3O4/c1-2-3-10-20-15(21)8-7-13(18-20)16(22)19-9-5-4-6-14(19)17-23-11-12-24-17/h7-8,14,17H,2-6,9-12H2,1H3. The number of amides is 1. The lowest BCUT2D eigenvalue weighted by molar-refractivity contribution is -0.100. The van der Waals surface area contributed by atoms with Gasteiger partial charge in [-0.15, -0.1) is 0 Å². The van der Waals surface area contributed by atoms with E-state index in [0.717, 1.165) is 32.1 Å². The van der Waals surface area contributed by atoms with Gasteiger partial charge < -0.3 is 14.4 Å². The van der Waals surface area contributed by atoms with Gasteiger partial charge in [-0.25, -0.2) is 4.68 Å². The third-order valence-electron chi connectivity index (χ3n) is 4.58. The normalized spacial score (nSPS) is 22.0. The molecule has 0 spiro atoms. The molecule has 1 aromatic heterocycles. The van der Waals surface area contributed by atoms with Gasteiger partial charge >= 0.3 is 0 Å². The summed E-state index contributed by atoms with van der Waals surface area (Å²) in [4.78, 5) is 26.6. The van der Waals surface area contributed by atoms with E-state index in [-0.39, 0.29) is 23.8 Å². The molecular weight excluding hydrogens is 310 g/mol. The number of likely N-dealkylation sites (tertiary alicyclic amines) is 1. The zero-order valence-electron chi connectivity index (χ0n) is 14.1. The highest BCUT2D eigenvalue weighted by molar-refractivity contribution is 5.92. The van der Waals surface area contributed by atoms with Crippen LogP contribution in [-0.4, -0.2) is 52.7 Å². The van der Waals surface area contributed by atoms with Gasteiger partial charge in [0.2, 0.25) is 0 Å². The van der Waals surface area contributed by atoms with Crippen molar-refractivity contribution < 1.29 is 14.3 Å². The van der Waals surface area contributed by atoms with E-state index in [1.807, 2.05) is 0 Å². The maximum Gasteiger partial charge on any atom is 0.274 e. The SMILES string of the molecule is CCCCn1nc(C(=O)N2CCCCC2C2OCCO2)ccc1=O. The summed E-state index contributed by atoms with van der Waals surface area (Å²) in [6, 6.07) is 2.87. The molecule has 3 rings (SSSR count). The van der Waals surface area contributed by atoms with Gasteiger partial charge in [0.1, 0.15) is 5.69 Å². The average molecular weight is 335 g/mol. The highest BCUT2D eigenvalue weighted by atomic mass is 16.7. The number of aryl methyl sites for hydroxylation is 1. The fourth-order valence-electron chi connectivity index (χ4n) is 3.27. The number of carbonyl (C=O) groups excluding carboxylic acids is 1. The molecular formula is C17H25N3O4. The summed E-state index contributed by atoms with van der Waals surface area (Å²) >= 11 is 0. The van der Waals surface area contributed by atoms with Gasteiger partial charge in [0.15, 0.2) is 6.29 Å². The number of nitrogens with zero attached hydrogens (tertiary/aromatic N) is 3. The van der Waals surface area contributed by atoms with Crippen molar-refractivity contribution in [1.82, 2.24) is 14.7 Å². The van der Waals surface area contributed by atoms with E-state index in [1.54, 1.807) is 4.90 Å². The molecule has 1 atom stereocenters. The van der Waals surface area contributed by atoms with Gasteiger partial charge in [-0.1, -0.05) is 13.3 Å². The fourth-order valence-corrected chi connectivity index (χ4v) is 3.27. The van der Waals surface area contributed by atoms with Crippen LogP contribution in [0, 0.1) is 0 Å². The molecule has 0 aliphatic carbocycles. The Morgan fingerprint density at radius 1 is 1.29 bits per heavy atom. The molecule has 132 valence electrons. The first kappa shape index (κ1) is 17.1. The minimum atomic E-state index is -0.347. The first-order valence-corrected chi connectivity index (χ1v) is 8.83. The second-order valence-corrected chi connectivity index (χ2v) is 6.31. The van der Waals surface area contributed by atoms with E-state index in [2.05, 4.69) is 12.0 Å². The monoisotopic (exact) mass is 335 g/mol. The molecule has 0 N–H and O–H groups in total. The van der Waals surface area contributed by atoms with E-state index in [9.17, 15) is 9.59 Å². The van der Waals surface area contributed by atoms with Crippen LogP contribution in [-0.2, 0) is 16.0 Å². The van der Waals surface area contributed by atoms with Crippen molar-refractivity contribution in [3.63, 3.8) is 0 Å². The van der Waals surface area contributed by atoms with Crippen LogP contribution in [0.15, 0.2) is 16.9 Å². The van der Waals surface area contributed by atoms with Crippen LogP contribution >= 0.6 is 0 Å². The predicted molar refractivity (Wildman–Crippen MR) is 87.8 cm³/mol. The number of rotatable bonds is 5. The summed E-state index contributed by atoms with van der Waals surface area (Å²) < 4.78 is 12.6. The fraction of sp³-hybridized carbons (Fsp3) is 0.706. The minimum absolute atomic E-state index is 0.0773. The number of aromatic nitrogens is 2. The summed E-state index contributed by atoms with van der Waals surface area (Å²) in [6.07, 6.45) is 4.37. The van der Waals surface area contributed by atoms with E-state index >= 15 is 0 Å². The molecule has 2 aliphatic heterocycles. The van der Waals surface area contributed by atoms with Crippen LogP contribution < -0.4 is 5.56 Å². The summed E-state index contributed by atoms with van der Waals surface area (Å²) in [6.45, 7) is 4.41. The first-order valence-electron chi connectivity index (χ1n) is 8.83. The number of carbonyl (C=O) groups is 1. The maximum atomic E-state index is 12.9. The van der Waals surface area contributed by atoms with Gasteiger partial charge in [-0.2, -0.15) is 5.10 Å². The Morgan fingerprint density at radius 3 is 2.83 bits per heavy atom. The lowest BCUT2D eigenvalue weighted by atomic mass is 10.0. The lowest BCUT2D eigenvalue weighted by Gasteiger charge is -2.37. The zero-order chi connectivity index (χ0) is 16.9. The molecule has 24 heavy (non-hydrogen) atoms. The van der Waals surface area contributed by atoms with Crippen molar-refractivity contribution in [1.29, 1.82) is 0 Å². The Kier molecular flexibility index (Phi) is 5.63. The maximum absolute atomic E-state index is 12.9. The van der Waals surface area contributed by atoms with Crippen molar-refractivity contribution >= 4 is 5.91 Å². The number of ether oxygens (including phenoxy) is 2. The smallest absolute Gasteiger partial charge is 0.274 e. The van der Waals surface area contributed by atoms with E-state index in [1.165, 1.54) is 16.8 Å². The number of hydrogen-bond donors (Lipinski definition) is 0. The molecule has 2 aliphatic rings. The molecule has 0 radical (unpaired) electrons. The second kappa shape index (κ2) is 7.90. The molecule has 0 aromatic carbocycles. The zero-order valence-corrected chi connectivity index (χ0v) is 14.1. The van der Waals surface area contributed by atoms with E-state index in [4.69, 9.17) is 9.47 Å². The Morgan fingerprint density at radius 2 is 2.08 bits per heavy atom. The molecule has 0 bridgehead atoms. The molecule has 1 amide bonds. The molecule has 7 heteroatoms. The molecule has 3 heterocycles. The molecule has 1 unspecified atom stereocenters. The molecule has 7 nitrogen and oxygen atoms in total. The molecule has 2 fully saturated rings. The summed E-state index contributed by atoms with van der Waals surface area (Å²) in [5.74, 6) is -0.149. The van der Waals surface area contributed by atoms with Crippen molar-refractivity contribution in [2.24, 2.45) is 0 Å². The molecule has 2 saturated heterocycles. The number of unbranched alkanes of at least 4 members (excludes halogenated alkanes) is 1. The van der Waals surface area contributed by atoms with Crippen molar-refractivity contribution in [2.75, 3.05) is 19.8 Å². The molecule has 1 aromatic rings. The van der Waals surface area contributed by atoms with Crippen molar-refractivity contribution in [2.45, 2.75) is 57.9 Å². The summed E-state index contributed by atoms with van der Waals surface area (Å²) in [7, 11) is 0. The van der Waals surface area contributed by atoms with Crippen LogP contribution in [0.4, 0.5) is 0 Å². The lowest BCUT2D eigenvalue weighted by Crippen LogP contribution is -2.50. The Bertz CT molecular complexity index is 625. The highest BCUT2D eigenvalue weighted by Gasteiger charge is 2.37. The van der Waals surface area contributed by atoms with Gasteiger partial charge in [-0.05, 0) is 31.7 Å². The first-order chi connectivity index (χ1) is 11.7. The average Bonchev–Trinajstić information content (AvgIpc) is 3.15. The van der Waals surface area contributed by atoms with Crippen LogP contribution in [0.5, 0.6) is 0 Å².